The average molecular weight is 349 g/mol. The third-order valence-electron chi connectivity index (χ3n) is 4.07. The number of halogens is 3. The van der Waals surface area contributed by atoms with Crippen LogP contribution in [-0.4, -0.2) is 30.1 Å². The zero-order valence-corrected chi connectivity index (χ0v) is 13.1. The Morgan fingerprint density at radius 1 is 1.16 bits per heavy atom. The first-order valence-corrected chi connectivity index (χ1v) is 7.39. The van der Waals surface area contributed by atoms with Gasteiger partial charge in [0.2, 0.25) is 0 Å². The molecular weight excluding hydrogens is 335 g/mol. The van der Waals surface area contributed by atoms with E-state index in [2.05, 4.69) is 20.2 Å². The summed E-state index contributed by atoms with van der Waals surface area (Å²) in [5.41, 5.74) is -2.29. The van der Waals surface area contributed by atoms with Crippen molar-refractivity contribution in [2.75, 3.05) is 0 Å². The largest absolute Gasteiger partial charge is 0.382 e. The SMILES string of the molecule is CC(c1ncncc1F)C(O)(Cn1nccn1)c1ccc(F)cc1F. The second kappa shape index (κ2) is 6.60. The van der Waals surface area contributed by atoms with Gasteiger partial charge in [0.05, 0.1) is 30.8 Å². The molecule has 9 heteroatoms. The Morgan fingerprint density at radius 3 is 2.52 bits per heavy atom. The second-order valence-electron chi connectivity index (χ2n) is 5.59. The van der Waals surface area contributed by atoms with E-state index in [0.29, 0.717) is 6.07 Å². The van der Waals surface area contributed by atoms with Gasteiger partial charge in [0.15, 0.2) is 5.82 Å². The van der Waals surface area contributed by atoms with Crippen LogP contribution in [0.4, 0.5) is 13.2 Å². The van der Waals surface area contributed by atoms with Gasteiger partial charge < -0.3 is 5.11 Å². The number of aliphatic hydroxyl groups is 1. The number of benzene rings is 1. The van der Waals surface area contributed by atoms with Gasteiger partial charge in [0.1, 0.15) is 23.6 Å². The van der Waals surface area contributed by atoms with Crippen LogP contribution in [0.25, 0.3) is 0 Å². The summed E-state index contributed by atoms with van der Waals surface area (Å²) in [6.07, 6.45) is 4.85. The molecule has 2 heterocycles. The summed E-state index contributed by atoms with van der Waals surface area (Å²) >= 11 is 0. The van der Waals surface area contributed by atoms with E-state index in [4.69, 9.17) is 0 Å². The molecule has 0 fully saturated rings. The van der Waals surface area contributed by atoms with Gasteiger partial charge in [-0.15, -0.1) is 0 Å². The Balaban J connectivity index is 2.13. The monoisotopic (exact) mass is 349 g/mol. The average Bonchev–Trinajstić information content (AvgIpc) is 3.07. The van der Waals surface area contributed by atoms with Crippen LogP contribution in [-0.2, 0) is 12.1 Å². The molecule has 2 atom stereocenters. The van der Waals surface area contributed by atoms with Gasteiger partial charge in [0, 0.05) is 17.5 Å². The Labute approximate surface area is 141 Å². The number of rotatable bonds is 5. The molecule has 2 unspecified atom stereocenters. The van der Waals surface area contributed by atoms with E-state index in [1.54, 1.807) is 0 Å². The fraction of sp³-hybridized carbons (Fsp3) is 0.250. The lowest BCUT2D eigenvalue weighted by molar-refractivity contribution is -0.0168. The lowest BCUT2D eigenvalue weighted by Crippen LogP contribution is -2.39. The van der Waals surface area contributed by atoms with Gasteiger partial charge in [-0.1, -0.05) is 13.0 Å². The van der Waals surface area contributed by atoms with Crippen molar-refractivity contribution in [3.8, 4) is 0 Å². The Bertz CT molecular complexity index is 874. The highest BCUT2D eigenvalue weighted by atomic mass is 19.1. The fourth-order valence-electron chi connectivity index (χ4n) is 2.70. The van der Waals surface area contributed by atoms with Gasteiger partial charge in [-0.3, -0.25) is 0 Å². The first-order valence-electron chi connectivity index (χ1n) is 7.39. The molecule has 0 saturated carbocycles. The van der Waals surface area contributed by atoms with Crippen molar-refractivity contribution in [2.24, 2.45) is 0 Å². The van der Waals surface area contributed by atoms with Gasteiger partial charge >= 0.3 is 0 Å². The maximum absolute atomic E-state index is 14.4. The van der Waals surface area contributed by atoms with Crippen molar-refractivity contribution in [3.63, 3.8) is 0 Å². The van der Waals surface area contributed by atoms with E-state index in [9.17, 15) is 18.3 Å². The number of aromatic nitrogens is 5. The van der Waals surface area contributed by atoms with Crippen molar-refractivity contribution in [2.45, 2.75) is 25.0 Å². The van der Waals surface area contributed by atoms with Gasteiger partial charge in [0.25, 0.3) is 0 Å². The Morgan fingerprint density at radius 2 is 1.88 bits per heavy atom. The zero-order chi connectivity index (χ0) is 18.0. The molecule has 0 aliphatic rings. The third-order valence-corrected chi connectivity index (χ3v) is 4.07. The highest BCUT2D eigenvalue weighted by Gasteiger charge is 2.42. The molecule has 25 heavy (non-hydrogen) atoms. The quantitative estimate of drug-likeness (QED) is 0.764. The van der Waals surface area contributed by atoms with Gasteiger partial charge in [-0.2, -0.15) is 15.0 Å². The minimum Gasteiger partial charge on any atom is -0.382 e. The van der Waals surface area contributed by atoms with Crippen LogP contribution in [0.3, 0.4) is 0 Å². The Kier molecular flexibility index (Phi) is 4.49. The first-order chi connectivity index (χ1) is 11.9. The summed E-state index contributed by atoms with van der Waals surface area (Å²) in [5, 5.41) is 19.1. The predicted octanol–water partition coefficient (Wildman–Crippen LogP) is 2.18. The van der Waals surface area contributed by atoms with E-state index in [-0.39, 0.29) is 17.8 Å². The summed E-state index contributed by atoms with van der Waals surface area (Å²) in [4.78, 5) is 8.56. The van der Waals surface area contributed by atoms with E-state index >= 15 is 0 Å². The van der Waals surface area contributed by atoms with E-state index in [0.717, 1.165) is 29.5 Å². The molecule has 0 aliphatic carbocycles. The first kappa shape index (κ1) is 17.0. The Hall–Kier alpha value is -2.81. The molecular formula is C16H14F3N5O. The lowest BCUT2D eigenvalue weighted by Gasteiger charge is -2.34. The summed E-state index contributed by atoms with van der Waals surface area (Å²) in [6.45, 7) is 1.20. The van der Waals surface area contributed by atoms with Crippen LogP contribution in [0.15, 0.2) is 43.1 Å². The van der Waals surface area contributed by atoms with Crippen molar-refractivity contribution in [1.29, 1.82) is 0 Å². The van der Waals surface area contributed by atoms with Crippen molar-refractivity contribution in [1.82, 2.24) is 25.0 Å². The molecule has 1 aromatic carbocycles. The highest BCUT2D eigenvalue weighted by Crippen LogP contribution is 2.39. The molecule has 0 spiro atoms. The molecule has 3 aromatic rings. The molecule has 0 bridgehead atoms. The second-order valence-corrected chi connectivity index (χ2v) is 5.59. The van der Waals surface area contributed by atoms with Gasteiger partial charge in [-0.25, -0.2) is 23.1 Å². The summed E-state index contributed by atoms with van der Waals surface area (Å²) in [6, 6.07) is 2.78. The van der Waals surface area contributed by atoms with Gasteiger partial charge in [-0.05, 0) is 6.07 Å². The molecule has 0 saturated heterocycles. The topological polar surface area (TPSA) is 76.7 Å². The summed E-state index contributed by atoms with van der Waals surface area (Å²) < 4.78 is 41.7. The van der Waals surface area contributed by atoms with Crippen LogP contribution in [0.1, 0.15) is 24.1 Å². The van der Waals surface area contributed by atoms with Crippen LogP contribution >= 0.6 is 0 Å². The highest BCUT2D eigenvalue weighted by molar-refractivity contribution is 5.30. The van der Waals surface area contributed by atoms with Crippen LogP contribution in [0.5, 0.6) is 0 Å². The van der Waals surface area contributed by atoms with Crippen LogP contribution in [0.2, 0.25) is 0 Å². The summed E-state index contributed by atoms with van der Waals surface area (Å²) in [5.74, 6) is -3.50. The van der Waals surface area contributed by atoms with Crippen LogP contribution < -0.4 is 0 Å². The molecule has 0 radical (unpaired) electrons. The fourth-order valence-corrected chi connectivity index (χ4v) is 2.70. The van der Waals surface area contributed by atoms with E-state index < -0.39 is 29.0 Å². The minimum atomic E-state index is -1.98. The molecule has 130 valence electrons. The zero-order valence-electron chi connectivity index (χ0n) is 13.1. The maximum atomic E-state index is 14.4. The van der Waals surface area contributed by atoms with Crippen molar-refractivity contribution >= 4 is 0 Å². The molecule has 0 aliphatic heterocycles. The molecule has 2 aromatic heterocycles. The predicted molar refractivity (Wildman–Crippen MR) is 80.7 cm³/mol. The third kappa shape index (κ3) is 3.22. The smallest absolute Gasteiger partial charge is 0.163 e. The molecule has 0 amide bonds. The van der Waals surface area contributed by atoms with Crippen molar-refractivity contribution < 1.29 is 18.3 Å². The maximum Gasteiger partial charge on any atom is 0.163 e. The lowest BCUT2D eigenvalue weighted by atomic mass is 9.79. The van der Waals surface area contributed by atoms with E-state index in [1.807, 2.05) is 0 Å². The molecule has 3 rings (SSSR count). The standard InChI is InChI=1S/C16H14F3N5O/c1-10(15-14(19)7-20-9-21-15)16(25,8-24-22-4-5-23-24)12-3-2-11(17)6-13(12)18/h2-7,9-10,25H,8H2,1H3. The number of hydrogen-bond acceptors (Lipinski definition) is 5. The van der Waals surface area contributed by atoms with E-state index in [1.165, 1.54) is 19.3 Å². The normalized spacial score (nSPS) is 14.9. The molecule has 6 nitrogen and oxygen atoms in total. The molecule has 1 N–H and O–H groups in total. The number of hydrogen-bond donors (Lipinski definition) is 1. The summed E-state index contributed by atoms with van der Waals surface area (Å²) in [7, 11) is 0. The number of nitrogens with zero attached hydrogens (tertiary/aromatic N) is 5. The van der Waals surface area contributed by atoms with Crippen LogP contribution in [0, 0.1) is 17.5 Å². The van der Waals surface area contributed by atoms with Crippen molar-refractivity contribution in [3.05, 3.63) is 71.8 Å². The minimum absolute atomic E-state index is 0.103.